The van der Waals surface area contributed by atoms with Gasteiger partial charge in [-0.25, -0.2) is 9.59 Å². The van der Waals surface area contributed by atoms with Crippen molar-refractivity contribution in [3.63, 3.8) is 0 Å². The summed E-state index contributed by atoms with van der Waals surface area (Å²) in [5.74, 6) is -2.68. The second-order valence-corrected chi connectivity index (χ2v) is 5.78. The fraction of sp³-hybridized carbons (Fsp3) is 0.412. The van der Waals surface area contributed by atoms with Crippen LogP contribution in [0.15, 0.2) is 18.2 Å². The van der Waals surface area contributed by atoms with Crippen molar-refractivity contribution in [1.82, 2.24) is 0 Å². The summed E-state index contributed by atoms with van der Waals surface area (Å²) in [7, 11) is 2.59. The molecule has 5 atom stereocenters. The van der Waals surface area contributed by atoms with Crippen LogP contribution in [-0.4, -0.2) is 82.4 Å². The summed E-state index contributed by atoms with van der Waals surface area (Å²) >= 11 is 0. The van der Waals surface area contributed by atoms with E-state index < -0.39 is 42.6 Å². The van der Waals surface area contributed by atoms with Gasteiger partial charge < -0.3 is 44.5 Å². The molecule has 0 aliphatic carbocycles. The number of carbonyl (C=O) groups is 2. The Kier molecular flexibility index (Phi) is 6.80. The van der Waals surface area contributed by atoms with Crippen LogP contribution in [0.1, 0.15) is 5.56 Å². The van der Waals surface area contributed by atoms with E-state index in [1.54, 1.807) is 0 Å². The molecule has 0 radical (unpaired) electrons. The number of hydrogen-bond acceptors (Lipinski definition) is 9. The van der Waals surface area contributed by atoms with Crippen LogP contribution in [0.4, 0.5) is 0 Å². The van der Waals surface area contributed by atoms with Crippen LogP contribution >= 0.6 is 0 Å². The van der Waals surface area contributed by atoms with E-state index in [1.165, 1.54) is 32.4 Å². The average molecular weight is 400 g/mol. The van der Waals surface area contributed by atoms with Crippen molar-refractivity contribution in [1.29, 1.82) is 0 Å². The first-order chi connectivity index (χ1) is 13.2. The summed E-state index contributed by atoms with van der Waals surface area (Å²) in [4.78, 5) is 21.9. The fourth-order valence-electron chi connectivity index (χ4n) is 2.55. The van der Waals surface area contributed by atoms with Gasteiger partial charge in [-0.15, -0.1) is 0 Å². The summed E-state index contributed by atoms with van der Waals surface area (Å²) in [6, 6.07) is 2.82. The summed E-state index contributed by atoms with van der Waals surface area (Å²) in [5, 5.41) is 47.5. The normalized spacial score (nSPS) is 27.4. The van der Waals surface area contributed by atoms with E-state index in [2.05, 4.69) is 0 Å². The molecule has 28 heavy (non-hydrogen) atoms. The quantitative estimate of drug-likeness (QED) is 0.358. The largest absolute Gasteiger partial charge is 0.493 e. The second-order valence-electron chi connectivity index (χ2n) is 5.78. The third-order valence-electron chi connectivity index (χ3n) is 3.95. The molecule has 1 saturated heterocycles. The molecule has 0 saturated carbocycles. The third kappa shape index (κ3) is 4.51. The summed E-state index contributed by atoms with van der Waals surface area (Å²) in [6.07, 6.45) is -6.79. The van der Waals surface area contributed by atoms with Gasteiger partial charge in [0.05, 0.1) is 14.2 Å². The lowest BCUT2D eigenvalue weighted by Crippen LogP contribution is -2.61. The number of ether oxygens (including phenoxy) is 4. The van der Waals surface area contributed by atoms with E-state index in [0.717, 1.165) is 6.08 Å². The van der Waals surface area contributed by atoms with Crippen molar-refractivity contribution >= 4 is 18.0 Å². The Morgan fingerprint density at radius 3 is 2.04 bits per heavy atom. The Hall–Kier alpha value is -2.86. The lowest BCUT2D eigenvalue weighted by atomic mass is 9.99. The van der Waals surface area contributed by atoms with Crippen molar-refractivity contribution in [3.05, 3.63) is 23.8 Å². The Labute approximate surface area is 158 Å². The maximum atomic E-state index is 11.2. The Morgan fingerprint density at radius 2 is 1.57 bits per heavy atom. The lowest BCUT2D eigenvalue weighted by molar-refractivity contribution is -0.271. The average Bonchev–Trinajstić information content (AvgIpc) is 2.66. The van der Waals surface area contributed by atoms with Crippen molar-refractivity contribution in [2.45, 2.75) is 30.7 Å². The number of rotatable bonds is 7. The molecule has 11 heteroatoms. The second kappa shape index (κ2) is 8.89. The zero-order valence-electron chi connectivity index (χ0n) is 14.9. The minimum atomic E-state index is -1.86. The van der Waals surface area contributed by atoms with E-state index in [9.17, 15) is 24.9 Å². The molecule has 1 aromatic carbocycles. The van der Waals surface area contributed by atoms with E-state index in [1.807, 2.05) is 0 Å². The van der Waals surface area contributed by atoms with Gasteiger partial charge in [-0.05, 0) is 23.8 Å². The summed E-state index contributed by atoms with van der Waals surface area (Å²) in [5.41, 5.74) is 0.396. The highest BCUT2D eigenvalue weighted by atomic mass is 16.7. The van der Waals surface area contributed by atoms with Crippen molar-refractivity contribution in [2.24, 2.45) is 0 Å². The molecule has 1 aliphatic heterocycles. The zero-order chi connectivity index (χ0) is 21.0. The molecule has 11 nitrogen and oxygen atoms in total. The van der Waals surface area contributed by atoms with Gasteiger partial charge in [-0.1, -0.05) is 0 Å². The van der Waals surface area contributed by atoms with Gasteiger partial charge in [0, 0.05) is 6.08 Å². The predicted molar refractivity (Wildman–Crippen MR) is 91.2 cm³/mol. The molecule has 1 fully saturated rings. The van der Waals surface area contributed by atoms with E-state index in [-0.39, 0.29) is 17.2 Å². The molecule has 2 rings (SSSR count). The summed E-state index contributed by atoms with van der Waals surface area (Å²) < 4.78 is 20.9. The van der Waals surface area contributed by atoms with Crippen LogP contribution in [0, 0.1) is 0 Å². The number of aliphatic hydroxyl groups is 3. The molecule has 0 aromatic heterocycles. The smallest absolute Gasteiger partial charge is 0.335 e. The molecule has 0 unspecified atom stereocenters. The van der Waals surface area contributed by atoms with Crippen LogP contribution < -0.4 is 14.2 Å². The van der Waals surface area contributed by atoms with Gasteiger partial charge in [0.15, 0.2) is 17.6 Å². The molecular weight excluding hydrogens is 380 g/mol. The number of methoxy groups -OCH3 is 2. The van der Waals surface area contributed by atoms with Gasteiger partial charge in [0.2, 0.25) is 12.0 Å². The van der Waals surface area contributed by atoms with E-state index in [4.69, 9.17) is 29.2 Å². The predicted octanol–water partition coefficient (Wildman–Crippen LogP) is -0.927. The van der Waals surface area contributed by atoms with Gasteiger partial charge in [0.25, 0.3) is 0 Å². The molecule has 1 heterocycles. The molecule has 154 valence electrons. The first-order valence-corrected chi connectivity index (χ1v) is 7.95. The first kappa shape index (κ1) is 21.4. The molecule has 0 spiro atoms. The van der Waals surface area contributed by atoms with Crippen LogP contribution in [0.25, 0.3) is 6.08 Å². The van der Waals surface area contributed by atoms with Crippen LogP contribution in [-0.2, 0) is 14.3 Å². The number of carboxylic acid groups (broad SMARTS) is 2. The Bertz CT molecular complexity index is 734. The molecule has 1 aromatic rings. The van der Waals surface area contributed by atoms with Gasteiger partial charge >= 0.3 is 11.9 Å². The fourth-order valence-corrected chi connectivity index (χ4v) is 2.55. The van der Waals surface area contributed by atoms with Crippen LogP contribution in [0.3, 0.4) is 0 Å². The minimum Gasteiger partial charge on any atom is -0.493 e. The highest BCUT2D eigenvalue weighted by Gasteiger charge is 2.48. The number of hydrogen-bond donors (Lipinski definition) is 5. The van der Waals surface area contributed by atoms with Gasteiger partial charge in [-0.3, -0.25) is 0 Å². The topological polar surface area (TPSA) is 172 Å². The summed E-state index contributed by atoms with van der Waals surface area (Å²) in [6.45, 7) is 0. The molecule has 1 aliphatic rings. The van der Waals surface area contributed by atoms with Crippen LogP contribution in [0.2, 0.25) is 0 Å². The number of carboxylic acids is 2. The van der Waals surface area contributed by atoms with E-state index in [0.29, 0.717) is 5.56 Å². The maximum Gasteiger partial charge on any atom is 0.335 e. The maximum absolute atomic E-state index is 11.2. The Balaban J connectivity index is 2.38. The lowest BCUT2D eigenvalue weighted by Gasteiger charge is -2.38. The minimum absolute atomic E-state index is 0.0627. The highest BCUT2D eigenvalue weighted by Crippen LogP contribution is 2.40. The molecule has 0 amide bonds. The first-order valence-electron chi connectivity index (χ1n) is 7.95. The Morgan fingerprint density at radius 1 is 1.00 bits per heavy atom. The van der Waals surface area contributed by atoms with Crippen molar-refractivity contribution < 1.29 is 54.1 Å². The van der Waals surface area contributed by atoms with Crippen molar-refractivity contribution in [2.75, 3.05) is 14.2 Å². The monoisotopic (exact) mass is 400 g/mol. The number of aliphatic hydroxyl groups excluding tert-OH is 3. The van der Waals surface area contributed by atoms with Gasteiger partial charge in [-0.2, -0.15) is 0 Å². The number of aliphatic carboxylic acids is 2. The number of benzene rings is 1. The third-order valence-corrected chi connectivity index (χ3v) is 3.95. The molecule has 0 bridgehead atoms. The molecule has 5 N–H and O–H groups in total. The van der Waals surface area contributed by atoms with E-state index >= 15 is 0 Å². The highest BCUT2D eigenvalue weighted by molar-refractivity contribution is 5.85. The van der Waals surface area contributed by atoms with Crippen molar-refractivity contribution in [3.8, 4) is 17.2 Å². The zero-order valence-corrected chi connectivity index (χ0v) is 14.9. The standard InChI is InChI=1S/C17H20O11/c1-25-8-5-7(3-4-10(18)19)6-9(26-2)14(8)27-17-13(22)11(20)12(21)15(28-17)16(23)24/h3-6,11-13,15,17,20-22H,1-2H3,(H,18,19)(H,23,24)/t11-,12-,13+,15-,17+/m0/s1. The molecular formula is C17H20O11. The SMILES string of the molecule is COc1cc(C=CC(=O)O)cc(OC)c1O[C@@H]1O[C@H](C(=O)O)[C@@H](O)[C@H](O)[C@H]1O. The van der Waals surface area contributed by atoms with Gasteiger partial charge in [0.1, 0.15) is 18.3 Å². The van der Waals surface area contributed by atoms with Crippen LogP contribution in [0.5, 0.6) is 17.2 Å².